The van der Waals surface area contributed by atoms with E-state index in [0.29, 0.717) is 11.6 Å². The van der Waals surface area contributed by atoms with Crippen molar-refractivity contribution in [1.82, 2.24) is 14.8 Å². The normalized spacial score (nSPS) is 22.4. The molecule has 0 saturated heterocycles. The molecule has 2 bridgehead atoms. The number of pyridine rings is 1. The molecule has 0 radical (unpaired) electrons. The Kier molecular flexibility index (Phi) is 6.47. The number of halogens is 2. The van der Waals surface area contributed by atoms with E-state index in [1.54, 1.807) is 37.3 Å². The molecule has 2 aliphatic rings. The minimum atomic E-state index is -2.17. The minimum absolute atomic E-state index is 0.00221. The number of amides is 2. The molecular weight excluding hydrogens is 496 g/mol. The zero-order valence-corrected chi connectivity index (χ0v) is 20.4. The second kappa shape index (κ2) is 10.2. The van der Waals surface area contributed by atoms with Gasteiger partial charge in [-0.15, -0.1) is 0 Å². The van der Waals surface area contributed by atoms with Crippen LogP contribution in [0.2, 0.25) is 0 Å². The molecule has 0 aliphatic carbocycles. The number of hydrogen-bond donors (Lipinski definition) is 2. The molecule has 0 spiro atoms. The number of ether oxygens (including phenoxy) is 1. The van der Waals surface area contributed by atoms with Crippen LogP contribution < -0.4 is 15.5 Å². The van der Waals surface area contributed by atoms with E-state index in [0.717, 1.165) is 12.3 Å². The van der Waals surface area contributed by atoms with Gasteiger partial charge in [-0.3, -0.25) is 14.4 Å². The summed E-state index contributed by atoms with van der Waals surface area (Å²) in [6.07, 6.45) is 1.75. The molecule has 196 valence electrons. The lowest BCUT2D eigenvalue weighted by Crippen LogP contribution is -2.49. The van der Waals surface area contributed by atoms with Crippen molar-refractivity contribution in [3.05, 3.63) is 111 Å². The molecule has 5 rings (SSSR count). The number of aliphatic hydroxyl groups is 1. The van der Waals surface area contributed by atoms with Gasteiger partial charge in [0, 0.05) is 37.0 Å². The van der Waals surface area contributed by atoms with Crippen LogP contribution in [-0.2, 0) is 13.2 Å². The number of nitrogens with one attached hydrogen (secondary N) is 1. The van der Waals surface area contributed by atoms with Crippen molar-refractivity contribution in [3.63, 3.8) is 0 Å². The first kappa shape index (κ1) is 24.1. The Morgan fingerprint density at radius 3 is 2.68 bits per heavy atom. The molecule has 38 heavy (non-hydrogen) atoms. The molecule has 0 saturated carbocycles. The summed E-state index contributed by atoms with van der Waals surface area (Å²) in [5.41, 5.74) is -0.795. The highest BCUT2D eigenvalue weighted by molar-refractivity contribution is 5.99. The Hall–Kier alpha value is -4.31. The molecule has 2 aliphatic heterocycles. The molecule has 3 aromatic rings. The maximum atomic E-state index is 14.1. The zero-order chi connectivity index (χ0) is 27.9. The van der Waals surface area contributed by atoms with Crippen molar-refractivity contribution in [2.75, 3.05) is 6.54 Å². The largest absolute Gasteiger partial charge is 0.483 e. The predicted molar refractivity (Wildman–Crippen MR) is 134 cm³/mol. The Morgan fingerprint density at radius 2 is 1.95 bits per heavy atom. The second-order valence-electron chi connectivity index (χ2n) is 9.15. The highest BCUT2D eigenvalue weighted by Gasteiger charge is 2.41. The maximum absolute atomic E-state index is 14.1. The van der Waals surface area contributed by atoms with E-state index in [-0.39, 0.29) is 31.0 Å². The summed E-state index contributed by atoms with van der Waals surface area (Å²) < 4.78 is 43.0. The van der Waals surface area contributed by atoms with Crippen molar-refractivity contribution in [3.8, 4) is 5.75 Å². The standard InChI is InChI=1S/C28H25F2N3O5/c1-16-7-10-23(34)22-14-32(16)28(37)24-26(38-15-17-5-3-2-4-6-17)25(35)20(13-33(22)24)27(36)31-12-18-8-9-19(29)11-21(18)30/h2-11,13,16,22-23,34H,12,14-15H2,1H3,(H,31,36)/t16-,22+,23-/m0/s1/i23D. The van der Waals surface area contributed by atoms with E-state index < -0.39 is 58.4 Å². The van der Waals surface area contributed by atoms with Crippen molar-refractivity contribution in [2.45, 2.75) is 38.2 Å². The fraction of sp³-hybridized carbons (Fsp3) is 0.250. The van der Waals surface area contributed by atoms with Gasteiger partial charge in [-0.25, -0.2) is 8.78 Å². The topological polar surface area (TPSA) is 101 Å². The first-order valence-corrected chi connectivity index (χ1v) is 12.0. The minimum Gasteiger partial charge on any atom is -0.483 e. The van der Waals surface area contributed by atoms with Gasteiger partial charge in [0.15, 0.2) is 11.4 Å². The maximum Gasteiger partial charge on any atom is 0.275 e. The number of hydrogen-bond acceptors (Lipinski definition) is 5. The number of carbonyl (C=O) groups is 2. The molecule has 0 fully saturated rings. The Labute approximate surface area is 218 Å². The number of aromatic nitrogens is 1. The number of rotatable bonds is 6. The molecule has 10 heteroatoms. The van der Waals surface area contributed by atoms with Crippen LogP contribution in [0.4, 0.5) is 8.78 Å². The predicted octanol–water partition coefficient (Wildman–Crippen LogP) is 2.95. The molecular formula is C28H25F2N3O5. The highest BCUT2D eigenvalue weighted by Crippen LogP contribution is 2.33. The fourth-order valence-electron chi connectivity index (χ4n) is 4.56. The van der Waals surface area contributed by atoms with Gasteiger partial charge < -0.3 is 24.6 Å². The van der Waals surface area contributed by atoms with Gasteiger partial charge in [0.1, 0.15) is 23.8 Å². The van der Waals surface area contributed by atoms with E-state index in [1.165, 1.54) is 27.7 Å². The van der Waals surface area contributed by atoms with Gasteiger partial charge in [0.25, 0.3) is 11.8 Å². The lowest BCUT2D eigenvalue weighted by molar-refractivity contribution is 0.0530. The summed E-state index contributed by atoms with van der Waals surface area (Å²) in [5, 5.41) is 13.4. The summed E-state index contributed by atoms with van der Waals surface area (Å²) in [7, 11) is 0. The van der Waals surface area contributed by atoms with Crippen molar-refractivity contribution in [1.29, 1.82) is 0 Å². The van der Waals surface area contributed by atoms with E-state index in [4.69, 9.17) is 6.11 Å². The van der Waals surface area contributed by atoms with Gasteiger partial charge in [-0.05, 0) is 18.6 Å². The number of fused-ring (bicyclic) bond motifs is 4. The number of benzene rings is 2. The monoisotopic (exact) mass is 522 g/mol. The van der Waals surface area contributed by atoms with Crippen LogP contribution in [-0.4, -0.2) is 45.1 Å². The Morgan fingerprint density at radius 1 is 1.18 bits per heavy atom. The molecule has 2 aromatic carbocycles. The summed E-state index contributed by atoms with van der Waals surface area (Å²) in [6, 6.07) is 10.2. The summed E-state index contributed by atoms with van der Waals surface area (Å²) >= 11 is 0. The zero-order valence-electron chi connectivity index (χ0n) is 21.4. The third-order valence-electron chi connectivity index (χ3n) is 6.66. The van der Waals surface area contributed by atoms with Crippen molar-refractivity contribution >= 4 is 11.8 Å². The lowest BCUT2D eigenvalue weighted by Gasteiger charge is -2.38. The van der Waals surface area contributed by atoms with Crippen LogP contribution in [0.15, 0.2) is 71.7 Å². The van der Waals surface area contributed by atoms with E-state index in [9.17, 15) is 28.3 Å². The van der Waals surface area contributed by atoms with Gasteiger partial charge in [-0.1, -0.05) is 48.6 Å². The van der Waals surface area contributed by atoms with Crippen molar-refractivity contribution in [2.24, 2.45) is 0 Å². The van der Waals surface area contributed by atoms with Crippen LogP contribution >= 0.6 is 0 Å². The SMILES string of the molecule is [2H][C@]1(O)C=C[C@H](C)N2C[C@H]1n1cc(C(=O)NCc3ccc(F)cc3F)c(=O)c(OCc3ccccc3)c1C2=O. The van der Waals surface area contributed by atoms with Gasteiger partial charge in [-0.2, -0.15) is 0 Å². The van der Waals surface area contributed by atoms with Crippen LogP contribution in [0.3, 0.4) is 0 Å². The van der Waals surface area contributed by atoms with Gasteiger partial charge >= 0.3 is 0 Å². The quantitative estimate of drug-likeness (QED) is 0.485. The van der Waals surface area contributed by atoms with Crippen LogP contribution in [0.1, 0.15) is 46.3 Å². The summed E-state index contributed by atoms with van der Waals surface area (Å²) in [6.45, 7) is 1.24. The highest BCUT2D eigenvalue weighted by atomic mass is 19.1. The molecule has 2 amide bonds. The van der Waals surface area contributed by atoms with Crippen LogP contribution in [0, 0.1) is 11.6 Å². The summed E-state index contributed by atoms with van der Waals surface area (Å²) in [5.74, 6) is -3.49. The number of carbonyl (C=O) groups excluding carboxylic acids is 2. The first-order chi connectivity index (χ1) is 18.6. The van der Waals surface area contributed by atoms with E-state index >= 15 is 0 Å². The lowest BCUT2D eigenvalue weighted by atomic mass is 10.0. The Bertz CT molecular complexity index is 1540. The molecule has 1 aromatic heterocycles. The summed E-state index contributed by atoms with van der Waals surface area (Å²) in [4.78, 5) is 41.8. The third kappa shape index (κ3) is 4.70. The molecule has 2 N–H and O–H groups in total. The molecule has 3 heterocycles. The van der Waals surface area contributed by atoms with E-state index in [1.807, 2.05) is 0 Å². The van der Waals surface area contributed by atoms with Crippen LogP contribution in [0.25, 0.3) is 0 Å². The second-order valence-corrected chi connectivity index (χ2v) is 9.15. The average molecular weight is 523 g/mol. The smallest absolute Gasteiger partial charge is 0.275 e. The van der Waals surface area contributed by atoms with Crippen LogP contribution in [0.5, 0.6) is 5.75 Å². The third-order valence-corrected chi connectivity index (χ3v) is 6.66. The van der Waals surface area contributed by atoms with E-state index in [2.05, 4.69) is 5.32 Å². The van der Waals surface area contributed by atoms with Crippen molar-refractivity contribution < 1.29 is 29.6 Å². The fourth-order valence-corrected chi connectivity index (χ4v) is 4.56. The molecule has 0 unspecified atom stereocenters. The molecule has 3 atom stereocenters. The average Bonchev–Trinajstić information content (AvgIpc) is 3.01. The first-order valence-electron chi connectivity index (χ1n) is 12.5. The van der Waals surface area contributed by atoms with Gasteiger partial charge in [0.2, 0.25) is 5.43 Å². The Balaban J connectivity index is 1.59. The molecule has 8 nitrogen and oxygen atoms in total. The number of nitrogens with zero attached hydrogens (tertiary/aromatic N) is 2. The van der Waals surface area contributed by atoms with Gasteiger partial charge in [0.05, 0.1) is 13.5 Å².